The second kappa shape index (κ2) is 4.58. The van der Waals surface area contributed by atoms with E-state index < -0.39 is 0 Å². The lowest BCUT2D eigenvalue weighted by Crippen LogP contribution is -2.32. The third-order valence-electron chi connectivity index (χ3n) is 6.87. The average molecular weight is 291 g/mol. The van der Waals surface area contributed by atoms with Crippen LogP contribution in [0.4, 0.5) is 0 Å². The van der Waals surface area contributed by atoms with E-state index in [1.165, 1.54) is 45.2 Å². The van der Waals surface area contributed by atoms with Crippen LogP contribution in [0.15, 0.2) is 47.6 Å². The van der Waals surface area contributed by atoms with Crippen LogP contribution >= 0.6 is 0 Å². The summed E-state index contributed by atoms with van der Waals surface area (Å²) in [5, 5.41) is 0. The van der Waals surface area contributed by atoms with Crippen molar-refractivity contribution < 1.29 is 0 Å². The first kappa shape index (κ1) is 13.1. The minimum atomic E-state index is 0.572. The molecule has 1 heteroatoms. The zero-order valence-corrected chi connectivity index (χ0v) is 13.5. The molecule has 2 fully saturated rings. The van der Waals surface area contributed by atoms with E-state index in [9.17, 15) is 0 Å². The number of hydrogen-bond acceptors (Lipinski definition) is 1. The van der Waals surface area contributed by atoms with Crippen molar-refractivity contribution in [3.05, 3.63) is 58.7 Å². The van der Waals surface area contributed by atoms with Gasteiger partial charge in [0.25, 0.3) is 0 Å². The molecular weight excluding hydrogens is 266 g/mol. The fraction of sp³-hybridized carbons (Fsp3) is 0.524. The molecule has 0 aromatic heterocycles. The lowest BCUT2D eigenvalue weighted by molar-refractivity contribution is 0.193. The minimum Gasteiger partial charge on any atom is -0.306 e. The number of rotatable bonds is 0. The van der Waals surface area contributed by atoms with Gasteiger partial charge < -0.3 is 4.90 Å². The number of piperidine rings is 1. The number of likely N-dealkylation sites (tertiary alicyclic amines) is 1. The summed E-state index contributed by atoms with van der Waals surface area (Å²) < 4.78 is 0. The van der Waals surface area contributed by atoms with Crippen molar-refractivity contribution in [2.75, 3.05) is 20.1 Å². The van der Waals surface area contributed by atoms with Crippen LogP contribution in [0.5, 0.6) is 0 Å². The number of aryl methyl sites for hydroxylation is 1. The predicted molar refractivity (Wildman–Crippen MR) is 90.9 cm³/mol. The van der Waals surface area contributed by atoms with Crippen LogP contribution in [0.1, 0.15) is 42.7 Å². The summed E-state index contributed by atoms with van der Waals surface area (Å²) in [5.74, 6) is 1.61. The van der Waals surface area contributed by atoms with Crippen LogP contribution in [0.25, 0.3) is 0 Å². The number of fused-ring (bicyclic) bond motifs is 6. The lowest BCUT2D eigenvalue weighted by atomic mass is 9.86. The normalized spacial score (nSPS) is 32.2. The van der Waals surface area contributed by atoms with Gasteiger partial charge in [0, 0.05) is 0 Å². The number of hydrogen-bond donors (Lipinski definition) is 0. The molecule has 0 radical (unpaired) electrons. The maximum absolute atomic E-state index is 2.52. The van der Waals surface area contributed by atoms with E-state index in [0.29, 0.717) is 5.41 Å². The van der Waals surface area contributed by atoms with Crippen LogP contribution in [-0.4, -0.2) is 25.0 Å². The fourth-order valence-corrected chi connectivity index (χ4v) is 5.61. The molecule has 3 aliphatic carbocycles. The highest BCUT2D eigenvalue weighted by Crippen LogP contribution is 2.74. The molecular formula is C21H25N. The Hall–Kier alpha value is -1.34. The Kier molecular flexibility index (Phi) is 2.73. The third kappa shape index (κ3) is 1.69. The summed E-state index contributed by atoms with van der Waals surface area (Å²) in [6.07, 6.45) is 11.4. The third-order valence-corrected chi connectivity index (χ3v) is 6.87. The van der Waals surface area contributed by atoms with Crippen LogP contribution in [0.2, 0.25) is 0 Å². The van der Waals surface area contributed by atoms with Gasteiger partial charge in [-0.15, -0.1) is 0 Å². The lowest BCUT2D eigenvalue weighted by Gasteiger charge is -2.31. The molecule has 2 atom stereocenters. The summed E-state index contributed by atoms with van der Waals surface area (Å²) in [7, 11) is 2.28. The maximum Gasteiger partial charge on any atom is -0.00160 e. The highest BCUT2D eigenvalue weighted by Gasteiger charge is 2.66. The average Bonchev–Trinajstić information content (AvgIpc) is 2.90. The quantitative estimate of drug-likeness (QED) is 0.688. The molecule has 1 saturated carbocycles. The van der Waals surface area contributed by atoms with Crippen molar-refractivity contribution >= 4 is 0 Å². The zero-order valence-electron chi connectivity index (χ0n) is 13.5. The van der Waals surface area contributed by atoms with Gasteiger partial charge in [0.15, 0.2) is 0 Å². The fourth-order valence-electron chi connectivity index (χ4n) is 5.61. The number of nitrogens with zero attached hydrogens (tertiary/aromatic N) is 1. The molecule has 0 bridgehead atoms. The molecule has 1 aromatic rings. The molecule has 1 aromatic carbocycles. The number of allylic oxidation sites excluding steroid dienone is 4. The highest BCUT2D eigenvalue weighted by molar-refractivity contribution is 5.52. The van der Waals surface area contributed by atoms with E-state index in [1.54, 1.807) is 22.3 Å². The van der Waals surface area contributed by atoms with Gasteiger partial charge in [-0.25, -0.2) is 0 Å². The van der Waals surface area contributed by atoms with E-state index in [2.05, 4.69) is 48.4 Å². The zero-order chi connectivity index (χ0) is 14.7. The van der Waals surface area contributed by atoms with Gasteiger partial charge in [-0.05, 0) is 86.2 Å². The van der Waals surface area contributed by atoms with Crippen molar-refractivity contribution in [3.63, 3.8) is 0 Å². The molecule has 114 valence electrons. The van der Waals surface area contributed by atoms with E-state index in [0.717, 1.165) is 11.8 Å². The molecule has 0 amide bonds. The molecule has 0 N–H and O–H groups in total. The minimum absolute atomic E-state index is 0.572. The van der Waals surface area contributed by atoms with E-state index in [1.807, 2.05) is 0 Å². The monoisotopic (exact) mass is 291 g/mol. The molecule has 4 aliphatic rings. The van der Waals surface area contributed by atoms with Gasteiger partial charge in [0.1, 0.15) is 0 Å². The first-order valence-corrected chi connectivity index (χ1v) is 8.94. The van der Waals surface area contributed by atoms with Crippen LogP contribution < -0.4 is 0 Å². The SMILES string of the molecule is CN1CCC2(CC1)C1C3=C(CC=C3)CCc3ccccc3C12. The largest absolute Gasteiger partial charge is 0.306 e. The van der Waals surface area contributed by atoms with Gasteiger partial charge in [-0.1, -0.05) is 42.0 Å². The van der Waals surface area contributed by atoms with Crippen molar-refractivity contribution in [1.29, 1.82) is 0 Å². The Morgan fingerprint density at radius 1 is 1.05 bits per heavy atom. The van der Waals surface area contributed by atoms with Gasteiger partial charge in [0.05, 0.1) is 0 Å². The molecule has 5 rings (SSSR count). The summed E-state index contributed by atoms with van der Waals surface area (Å²) in [5.41, 5.74) is 7.38. The molecule has 1 spiro atoms. The molecule has 2 unspecified atom stereocenters. The van der Waals surface area contributed by atoms with Crippen LogP contribution in [0.3, 0.4) is 0 Å². The van der Waals surface area contributed by atoms with Crippen LogP contribution in [0, 0.1) is 11.3 Å². The van der Waals surface area contributed by atoms with Crippen molar-refractivity contribution in [1.82, 2.24) is 4.90 Å². The van der Waals surface area contributed by atoms with Crippen LogP contribution in [-0.2, 0) is 6.42 Å². The van der Waals surface area contributed by atoms with E-state index in [-0.39, 0.29) is 0 Å². The van der Waals surface area contributed by atoms with Crippen molar-refractivity contribution in [3.8, 4) is 0 Å². The topological polar surface area (TPSA) is 3.24 Å². The Morgan fingerprint density at radius 3 is 2.73 bits per heavy atom. The predicted octanol–water partition coefficient (Wildman–Crippen LogP) is 4.31. The van der Waals surface area contributed by atoms with Crippen molar-refractivity contribution in [2.45, 2.75) is 38.0 Å². The van der Waals surface area contributed by atoms with Gasteiger partial charge in [-0.3, -0.25) is 0 Å². The molecule has 1 aliphatic heterocycles. The van der Waals surface area contributed by atoms with Crippen molar-refractivity contribution in [2.24, 2.45) is 11.3 Å². The van der Waals surface area contributed by atoms with Gasteiger partial charge in [0.2, 0.25) is 0 Å². The number of benzene rings is 1. The van der Waals surface area contributed by atoms with E-state index in [4.69, 9.17) is 0 Å². The standard InChI is InChI=1S/C21H25N/c1-22-13-11-21(12-14-22)19-17-7-3-2-5-15(17)9-10-16-6-4-8-18(16)20(19)21/h2-5,7-8,19-20H,6,9-14H2,1H3. The maximum atomic E-state index is 2.52. The first-order valence-electron chi connectivity index (χ1n) is 8.94. The Morgan fingerprint density at radius 2 is 1.86 bits per heavy atom. The summed E-state index contributed by atoms with van der Waals surface area (Å²) in [6.45, 7) is 2.56. The van der Waals surface area contributed by atoms with E-state index >= 15 is 0 Å². The first-order chi connectivity index (χ1) is 10.8. The molecule has 1 nitrogen and oxygen atoms in total. The Balaban J connectivity index is 1.62. The van der Waals surface area contributed by atoms with Gasteiger partial charge in [-0.2, -0.15) is 0 Å². The second-order valence-corrected chi connectivity index (χ2v) is 7.86. The summed E-state index contributed by atoms with van der Waals surface area (Å²) in [6, 6.07) is 9.32. The summed E-state index contributed by atoms with van der Waals surface area (Å²) >= 11 is 0. The Bertz CT molecular complexity index is 673. The smallest absolute Gasteiger partial charge is 0.00160 e. The second-order valence-electron chi connectivity index (χ2n) is 7.86. The highest BCUT2D eigenvalue weighted by atomic mass is 15.1. The summed E-state index contributed by atoms with van der Waals surface area (Å²) in [4.78, 5) is 2.52. The molecule has 22 heavy (non-hydrogen) atoms. The molecule has 1 saturated heterocycles. The van der Waals surface area contributed by atoms with Gasteiger partial charge >= 0.3 is 0 Å². The molecule has 1 heterocycles. The Labute approximate surface area is 133 Å².